The molecule has 4 nitrogen and oxygen atoms in total. The van der Waals surface area contributed by atoms with Crippen molar-refractivity contribution in [3.05, 3.63) is 33.5 Å². The molecule has 0 bridgehead atoms. The zero-order chi connectivity index (χ0) is 32.0. The molecule has 0 spiro atoms. The third-order valence-corrected chi connectivity index (χ3v) is 31.1. The Bertz CT molecular complexity index is 822. The van der Waals surface area contributed by atoms with Gasteiger partial charge in [-0.15, -0.1) is 0 Å². The van der Waals surface area contributed by atoms with Crippen LogP contribution in [0, 0.1) is 11.8 Å². The summed E-state index contributed by atoms with van der Waals surface area (Å²) in [7, 11) is -0.165. The molecule has 0 aromatic heterocycles. The van der Waals surface area contributed by atoms with Crippen LogP contribution in [0.3, 0.4) is 0 Å². The number of aliphatic hydroxyl groups is 1. The Hall–Kier alpha value is 0.0756. The third kappa shape index (κ3) is 12.5. The second-order valence-electron chi connectivity index (χ2n) is 14.7. The first-order valence-corrected chi connectivity index (χ1v) is 27.5. The molecule has 0 saturated carbocycles. The van der Waals surface area contributed by atoms with E-state index >= 15 is 0 Å². The molecule has 0 aromatic carbocycles. The van der Waals surface area contributed by atoms with Gasteiger partial charge in [0.25, 0.3) is 0 Å². The zero-order valence-corrected chi connectivity index (χ0v) is 33.6. The molecule has 6 heteroatoms. The van der Waals surface area contributed by atoms with E-state index in [-0.39, 0.29) is 23.9 Å². The molecule has 0 saturated heterocycles. The number of allylic oxidation sites excluding steroid dienone is 2. The molecular weight excluding hydrogens is 643 g/mol. The topological polar surface area (TPSA) is 47.9 Å². The van der Waals surface area contributed by atoms with E-state index in [4.69, 9.17) is 13.9 Å². The van der Waals surface area contributed by atoms with Crippen LogP contribution >= 0.6 is 0 Å². The fourth-order valence-electron chi connectivity index (χ4n) is 6.54. The Kier molecular flexibility index (Phi) is 18.7. The van der Waals surface area contributed by atoms with Gasteiger partial charge in [0, 0.05) is 0 Å². The summed E-state index contributed by atoms with van der Waals surface area (Å²) in [5.41, 5.74) is 2.42. The van der Waals surface area contributed by atoms with Crippen molar-refractivity contribution in [2.24, 2.45) is 11.8 Å². The van der Waals surface area contributed by atoms with Crippen LogP contribution < -0.4 is 0 Å². The van der Waals surface area contributed by atoms with Crippen LogP contribution in [-0.4, -0.2) is 64.5 Å². The first-order chi connectivity index (χ1) is 19.7. The van der Waals surface area contributed by atoms with Crippen molar-refractivity contribution in [1.82, 2.24) is 0 Å². The van der Waals surface area contributed by atoms with Crippen molar-refractivity contribution >= 4 is 26.7 Å². The van der Waals surface area contributed by atoms with E-state index < -0.39 is 32.8 Å². The molecule has 1 aliphatic carbocycles. The number of aliphatic hydroxyl groups excluding tert-OH is 1. The molecule has 0 amide bonds. The summed E-state index contributed by atoms with van der Waals surface area (Å²) in [5, 5.41) is 12.1. The van der Waals surface area contributed by atoms with Crippen molar-refractivity contribution in [3.63, 3.8) is 0 Å². The fraction of sp³-hybridized carbons (Fsp3) is 0.833. The maximum absolute atomic E-state index is 11.9. The summed E-state index contributed by atoms with van der Waals surface area (Å²) >= 11 is -2.78. The second kappa shape index (κ2) is 19.6. The van der Waals surface area contributed by atoms with Gasteiger partial charge in [0.2, 0.25) is 0 Å². The molecule has 1 rings (SSSR count). The molecular formula is C36H70O4SiSn. The number of hydrogen-bond donors (Lipinski definition) is 1. The Morgan fingerprint density at radius 1 is 1.10 bits per heavy atom. The maximum atomic E-state index is 11.9. The van der Waals surface area contributed by atoms with Gasteiger partial charge in [-0.1, -0.05) is 0 Å². The van der Waals surface area contributed by atoms with Crippen molar-refractivity contribution < 1.29 is 19.0 Å². The quantitative estimate of drug-likeness (QED) is 0.0731. The predicted octanol–water partition coefficient (Wildman–Crippen LogP) is 10.6. The first kappa shape index (κ1) is 40.1. The minimum absolute atomic E-state index is 0.0534. The summed E-state index contributed by atoms with van der Waals surface area (Å²) in [5.74, 6) is 0.489. The molecule has 0 fully saturated rings. The van der Waals surface area contributed by atoms with E-state index in [1.165, 1.54) is 63.0 Å². The van der Waals surface area contributed by atoms with Gasteiger partial charge in [-0.2, -0.15) is 0 Å². The van der Waals surface area contributed by atoms with Crippen molar-refractivity contribution in [2.75, 3.05) is 20.5 Å². The molecule has 246 valence electrons. The molecule has 0 heterocycles. The van der Waals surface area contributed by atoms with Gasteiger partial charge >= 0.3 is 268 Å². The van der Waals surface area contributed by atoms with Gasteiger partial charge in [0.05, 0.1) is 0 Å². The summed E-state index contributed by atoms with van der Waals surface area (Å²) in [6.45, 7) is 28.4. The number of hydrogen-bond acceptors (Lipinski definition) is 4. The number of rotatable bonds is 21. The van der Waals surface area contributed by atoms with Gasteiger partial charge in [0.15, 0.2) is 0 Å². The molecule has 1 N–H and O–H groups in total. The van der Waals surface area contributed by atoms with Gasteiger partial charge < -0.3 is 0 Å². The van der Waals surface area contributed by atoms with Crippen LogP contribution in [0.1, 0.15) is 113 Å². The Morgan fingerprint density at radius 2 is 1.64 bits per heavy atom. The molecule has 42 heavy (non-hydrogen) atoms. The van der Waals surface area contributed by atoms with E-state index in [2.05, 4.69) is 87.2 Å². The molecule has 1 aliphatic rings. The van der Waals surface area contributed by atoms with Crippen LogP contribution in [-0.2, 0) is 13.9 Å². The number of ether oxygens (including phenoxy) is 2. The third-order valence-electron chi connectivity index (χ3n) is 10.3. The molecule has 0 radical (unpaired) electrons. The van der Waals surface area contributed by atoms with Crippen molar-refractivity contribution in [3.8, 4) is 0 Å². The molecule has 0 aromatic rings. The van der Waals surface area contributed by atoms with Crippen LogP contribution in [0.4, 0.5) is 0 Å². The molecule has 4 atom stereocenters. The predicted molar refractivity (Wildman–Crippen MR) is 188 cm³/mol. The van der Waals surface area contributed by atoms with Crippen LogP contribution in [0.2, 0.25) is 31.4 Å². The minimum atomic E-state index is -2.78. The van der Waals surface area contributed by atoms with Gasteiger partial charge in [-0.05, 0) is 0 Å². The second-order valence-corrected chi connectivity index (χ2v) is 33.0. The van der Waals surface area contributed by atoms with E-state index in [9.17, 15) is 5.11 Å². The van der Waals surface area contributed by atoms with E-state index in [0.29, 0.717) is 12.3 Å². The Balaban J connectivity index is 3.52. The first-order valence-electron chi connectivity index (χ1n) is 17.1. The number of unbranched alkanes of at least 4 members (excludes halogenated alkanes) is 3. The van der Waals surface area contributed by atoms with Crippen molar-refractivity contribution in [2.45, 2.75) is 157 Å². The van der Waals surface area contributed by atoms with E-state index in [1.54, 1.807) is 10.7 Å². The van der Waals surface area contributed by atoms with Crippen LogP contribution in [0.15, 0.2) is 33.5 Å². The number of methoxy groups -OCH3 is 1. The van der Waals surface area contributed by atoms with Crippen LogP contribution in [0.25, 0.3) is 0 Å². The van der Waals surface area contributed by atoms with Gasteiger partial charge in [0.1, 0.15) is 0 Å². The van der Waals surface area contributed by atoms with E-state index in [1.807, 2.05) is 0 Å². The molecule has 1 unspecified atom stereocenters. The van der Waals surface area contributed by atoms with Gasteiger partial charge in [-0.25, -0.2) is 0 Å². The average Bonchev–Trinajstić information content (AvgIpc) is 2.91. The Morgan fingerprint density at radius 3 is 2.10 bits per heavy atom. The normalized spacial score (nSPS) is 21.4. The fourth-order valence-corrected chi connectivity index (χ4v) is 24.7. The summed E-state index contributed by atoms with van der Waals surface area (Å²) in [6, 6.07) is 0. The zero-order valence-electron chi connectivity index (χ0n) is 29.7. The molecule has 0 aliphatic heterocycles. The summed E-state index contributed by atoms with van der Waals surface area (Å²) in [4.78, 5) is 0. The summed E-state index contributed by atoms with van der Waals surface area (Å²) in [6.07, 6.45) is 14.5. The Labute approximate surface area is 267 Å². The summed E-state index contributed by atoms with van der Waals surface area (Å²) < 4.78 is 24.2. The van der Waals surface area contributed by atoms with Crippen LogP contribution in [0.5, 0.6) is 0 Å². The average molecular weight is 714 g/mol. The monoisotopic (exact) mass is 714 g/mol. The van der Waals surface area contributed by atoms with Gasteiger partial charge in [-0.3, -0.25) is 0 Å². The van der Waals surface area contributed by atoms with Crippen molar-refractivity contribution in [1.29, 1.82) is 0 Å². The SMILES string of the molecule is C=C(C)[C@@H]1CC=C(C)[C@H](OCOC)[C@H]1CC(O)/C=[C](\CCO[Si](C)(C)C(C)(C)C)[Sn]([CH2]CCC)([CH2]CCC)[CH2]CCC. The standard InChI is InChI=1S/C24H43O4Si.3C4H9.Sn/c1-18(2)21-14-13-19(3)23(27-17-26-7)22(21)16-20(25)12-10-11-15-28-29(8,9)24(4,5)6;3*1-3-4-2;/h12-13,20-23,25H,1,11,14-17H2,2-9H3;3*1,3-4H2,2H3;/t20?,21-,22-,23-;;;;/m0..../s1. The van der Waals surface area contributed by atoms with E-state index in [0.717, 1.165) is 19.4 Å².